The normalized spacial score (nSPS) is 12.4. The van der Waals surface area contributed by atoms with Gasteiger partial charge in [0, 0.05) is 18.6 Å². The molecule has 11 heteroatoms. The summed E-state index contributed by atoms with van der Waals surface area (Å²) in [5.41, 5.74) is -0.279. The number of hydrogen-bond donors (Lipinski definition) is 1. The van der Waals surface area contributed by atoms with Crippen molar-refractivity contribution in [2.24, 2.45) is 13.0 Å². The van der Waals surface area contributed by atoms with Crippen LogP contribution in [0.3, 0.4) is 0 Å². The maximum Gasteiger partial charge on any atom is 0.332 e. The molecule has 0 spiro atoms. The molecule has 2 heterocycles. The van der Waals surface area contributed by atoms with Crippen LogP contribution in [0.5, 0.6) is 0 Å². The van der Waals surface area contributed by atoms with Gasteiger partial charge in [-0.3, -0.25) is 18.7 Å². The minimum absolute atomic E-state index is 0.159. The third-order valence-corrected chi connectivity index (χ3v) is 6.30. The first-order valence-electron chi connectivity index (χ1n) is 9.90. The van der Waals surface area contributed by atoms with E-state index in [0.717, 1.165) is 16.3 Å². The summed E-state index contributed by atoms with van der Waals surface area (Å²) in [7, 11) is 1.42. The molecule has 32 heavy (non-hydrogen) atoms. The molecule has 1 atom stereocenters. The smallest absolute Gasteiger partial charge is 0.324 e. The average Bonchev–Trinajstić information content (AvgIpc) is 2.71. The van der Waals surface area contributed by atoms with Crippen molar-refractivity contribution in [2.45, 2.75) is 44.5 Å². The molecule has 1 aromatic carbocycles. The number of benzene rings is 1. The molecular formula is C21H23Cl2N5O3S. The molecule has 0 aliphatic carbocycles. The van der Waals surface area contributed by atoms with Crippen LogP contribution in [0.1, 0.15) is 26.6 Å². The Labute approximate surface area is 199 Å². The fourth-order valence-electron chi connectivity index (χ4n) is 3.10. The number of thioether (sulfide) groups is 1. The van der Waals surface area contributed by atoms with Crippen LogP contribution in [0.15, 0.2) is 32.8 Å². The van der Waals surface area contributed by atoms with Crippen LogP contribution in [-0.2, 0) is 18.4 Å². The van der Waals surface area contributed by atoms with E-state index in [1.165, 1.54) is 11.6 Å². The zero-order valence-electron chi connectivity index (χ0n) is 18.3. The van der Waals surface area contributed by atoms with Gasteiger partial charge in [-0.1, -0.05) is 48.8 Å². The number of hydrogen-bond acceptors (Lipinski definition) is 6. The molecule has 3 aromatic rings. The van der Waals surface area contributed by atoms with Crippen LogP contribution in [0.4, 0.5) is 5.69 Å². The van der Waals surface area contributed by atoms with Gasteiger partial charge in [0.2, 0.25) is 5.91 Å². The molecule has 1 N–H and O–H groups in total. The Bertz CT molecular complexity index is 1320. The van der Waals surface area contributed by atoms with Gasteiger partial charge in [0.05, 0.1) is 16.0 Å². The summed E-state index contributed by atoms with van der Waals surface area (Å²) in [5, 5.41) is 3.47. The van der Waals surface area contributed by atoms with E-state index in [1.54, 1.807) is 32.0 Å². The summed E-state index contributed by atoms with van der Waals surface area (Å²) in [5.74, 6) is 0.221. The Morgan fingerprint density at radius 3 is 2.53 bits per heavy atom. The van der Waals surface area contributed by atoms with Crippen molar-refractivity contribution >= 4 is 57.6 Å². The van der Waals surface area contributed by atoms with Gasteiger partial charge in [0.15, 0.2) is 5.65 Å². The third-order valence-electron chi connectivity index (χ3n) is 4.65. The number of carbonyl (C=O) groups is 1. The quantitative estimate of drug-likeness (QED) is 0.411. The second kappa shape index (κ2) is 9.64. The lowest BCUT2D eigenvalue weighted by atomic mass is 10.2. The van der Waals surface area contributed by atoms with E-state index >= 15 is 0 Å². The molecule has 0 radical (unpaired) electrons. The fraction of sp³-hybridized carbons (Fsp3) is 0.381. The Morgan fingerprint density at radius 2 is 1.88 bits per heavy atom. The number of nitrogens with zero attached hydrogens (tertiary/aromatic N) is 4. The van der Waals surface area contributed by atoms with E-state index in [0.29, 0.717) is 33.1 Å². The Balaban J connectivity index is 2.04. The molecule has 1 amide bonds. The van der Waals surface area contributed by atoms with Crippen molar-refractivity contribution in [3.05, 3.63) is 54.9 Å². The molecule has 8 nitrogen and oxygen atoms in total. The summed E-state index contributed by atoms with van der Waals surface area (Å²) in [4.78, 5) is 47.3. The SMILES string of the molecule is Cc1nc(SC(C)C(=O)Nc2cc(Cl)ccc2Cl)c2c(=O)n(C)c(=O)n(CC(C)C)c2n1. The average molecular weight is 496 g/mol. The molecule has 3 rings (SSSR count). The van der Waals surface area contributed by atoms with Crippen molar-refractivity contribution in [2.75, 3.05) is 5.32 Å². The molecular weight excluding hydrogens is 473 g/mol. The highest BCUT2D eigenvalue weighted by Gasteiger charge is 2.23. The summed E-state index contributed by atoms with van der Waals surface area (Å²) in [6.45, 7) is 7.71. The summed E-state index contributed by atoms with van der Waals surface area (Å²) < 4.78 is 2.53. The van der Waals surface area contributed by atoms with Gasteiger partial charge in [-0.15, -0.1) is 0 Å². The van der Waals surface area contributed by atoms with E-state index < -0.39 is 16.5 Å². The van der Waals surface area contributed by atoms with Gasteiger partial charge in [-0.2, -0.15) is 0 Å². The van der Waals surface area contributed by atoms with Crippen LogP contribution in [-0.4, -0.2) is 30.3 Å². The molecule has 1 unspecified atom stereocenters. The maximum absolute atomic E-state index is 13.0. The van der Waals surface area contributed by atoms with Gasteiger partial charge in [-0.05, 0) is 38.0 Å². The van der Waals surface area contributed by atoms with Crippen molar-refractivity contribution in [1.82, 2.24) is 19.1 Å². The monoisotopic (exact) mass is 495 g/mol. The first-order chi connectivity index (χ1) is 15.0. The summed E-state index contributed by atoms with van der Waals surface area (Å²) in [6.07, 6.45) is 0. The number of amides is 1. The van der Waals surface area contributed by atoms with E-state index in [2.05, 4.69) is 15.3 Å². The molecule has 0 fully saturated rings. The molecule has 0 bridgehead atoms. The fourth-order valence-corrected chi connectivity index (χ4v) is 4.42. The number of nitrogens with one attached hydrogen (secondary N) is 1. The Hall–Kier alpha value is -2.36. The lowest BCUT2D eigenvalue weighted by Crippen LogP contribution is -2.39. The lowest BCUT2D eigenvalue weighted by Gasteiger charge is -2.17. The van der Waals surface area contributed by atoms with Crippen LogP contribution < -0.4 is 16.6 Å². The van der Waals surface area contributed by atoms with E-state index in [9.17, 15) is 14.4 Å². The Morgan fingerprint density at radius 1 is 1.19 bits per heavy atom. The number of rotatable bonds is 6. The van der Waals surface area contributed by atoms with Crippen LogP contribution in [0.2, 0.25) is 10.0 Å². The molecule has 0 aliphatic rings. The van der Waals surface area contributed by atoms with E-state index in [1.807, 2.05) is 13.8 Å². The number of carbonyl (C=O) groups excluding carboxylic acids is 1. The Kier molecular flexibility index (Phi) is 7.32. The standard InChI is InChI=1S/C21H23Cl2N5O3S/c1-10(2)9-28-17-16(20(30)27(5)21(28)31)19(25-12(4)24-17)32-11(3)18(29)26-15-8-13(22)6-7-14(15)23/h6-8,10-11H,9H2,1-5H3,(H,26,29). The molecule has 0 saturated heterocycles. The van der Waals surface area contributed by atoms with Gasteiger partial charge in [0.1, 0.15) is 16.2 Å². The van der Waals surface area contributed by atoms with E-state index in [4.69, 9.17) is 23.2 Å². The van der Waals surface area contributed by atoms with Crippen molar-refractivity contribution in [3.8, 4) is 0 Å². The number of aromatic nitrogens is 4. The predicted octanol–water partition coefficient (Wildman–Crippen LogP) is 3.88. The number of aryl methyl sites for hydroxylation is 1. The predicted molar refractivity (Wildman–Crippen MR) is 129 cm³/mol. The molecule has 2 aromatic heterocycles. The topological polar surface area (TPSA) is 98.9 Å². The highest BCUT2D eigenvalue weighted by molar-refractivity contribution is 8.00. The highest BCUT2D eigenvalue weighted by atomic mass is 35.5. The second-order valence-electron chi connectivity index (χ2n) is 7.80. The lowest BCUT2D eigenvalue weighted by molar-refractivity contribution is -0.115. The number of anilines is 1. The maximum atomic E-state index is 13.0. The molecule has 0 saturated carbocycles. The van der Waals surface area contributed by atoms with Gasteiger partial charge in [-0.25, -0.2) is 14.8 Å². The minimum Gasteiger partial charge on any atom is -0.324 e. The third kappa shape index (κ3) is 5.00. The number of halogens is 2. The van der Waals surface area contributed by atoms with Crippen molar-refractivity contribution in [1.29, 1.82) is 0 Å². The summed E-state index contributed by atoms with van der Waals surface area (Å²) >= 11 is 13.2. The summed E-state index contributed by atoms with van der Waals surface area (Å²) in [6, 6.07) is 4.78. The van der Waals surface area contributed by atoms with Gasteiger partial charge in [0.25, 0.3) is 5.56 Å². The van der Waals surface area contributed by atoms with Gasteiger partial charge >= 0.3 is 5.69 Å². The first kappa shape index (κ1) is 24.3. The van der Waals surface area contributed by atoms with Gasteiger partial charge < -0.3 is 5.32 Å². The molecule has 0 aliphatic heterocycles. The second-order valence-corrected chi connectivity index (χ2v) is 9.97. The largest absolute Gasteiger partial charge is 0.332 e. The van der Waals surface area contributed by atoms with Crippen LogP contribution in [0, 0.1) is 12.8 Å². The number of fused-ring (bicyclic) bond motifs is 1. The zero-order valence-corrected chi connectivity index (χ0v) is 20.6. The van der Waals surface area contributed by atoms with Crippen LogP contribution in [0.25, 0.3) is 11.0 Å². The zero-order chi connectivity index (χ0) is 23.7. The first-order valence-corrected chi connectivity index (χ1v) is 11.5. The highest BCUT2D eigenvalue weighted by Crippen LogP contribution is 2.29. The minimum atomic E-state index is -0.627. The van der Waals surface area contributed by atoms with Crippen molar-refractivity contribution < 1.29 is 4.79 Å². The van der Waals surface area contributed by atoms with Crippen LogP contribution >= 0.6 is 35.0 Å². The molecule has 170 valence electrons. The van der Waals surface area contributed by atoms with E-state index in [-0.39, 0.29) is 22.9 Å². The van der Waals surface area contributed by atoms with Crippen molar-refractivity contribution in [3.63, 3.8) is 0 Å².